The largest absolute Gasteiger partial charge is 0.382 e. The van der Waals surface area contributed by atoms with Gasteiger partial charge in [0.15, 0.2) is 0 Å². The molecule has 0 aliphatic carbocycles. The molecule has 1 unspecified atom stereocenters. The Hall–Kier alpha value is -0.450. The van der Waals surface area contributed by atoms with Crippen LogP contribution in [0.3, 0.4) is 0 Å². The first kappa shape index (κ1) is 15.6. The van der Waals surface area contributed by atoms with Gasteiger partial charge >= 0.3 is 0 Å². The Morgan fingerprint density at radius 3 is 2.89 bits per heavy atom. The highest BCUT2D eigenvalue weighted by Gasteiger charge is 2.10. The molecule has 0 spiro atoms. The van der Waals surface area contributed by atoms with E-state index >= 15 is 0 Å². The number of aromatic nitrogens is 1. The van der Waals surface area contributed by atoms with Gasteiger partial charge in [-0.1, -0.05) is 6.92 Å². The average molecular weight is 270 g/mol. The summed E-state index contributed by atoms with van der Waals surface area (Å²) in [5, 5.41) is 6.99. The minimum Gasteiger partial charge on any atom is -0.382 e. The van der Waals surface area contributed by atoms with E-state index in [9.17, 15) is 0 Å². The number of hydrogen-bond donors (Lipinski definition) is 1. The molecule has 3 nitrogen and oxygen atoms in total. The molecule has 1 aromatic heterocycles. The summed E-state index contributed by atoms with van der Waals surface area (Å²) in [5.74, 6) is 0. The van der Waals surface area contributed by atoms with Gasteiger partial charge in [0, 0.05) is 36.8 Å². The van der Waals surface area contributed by atoms with E-state index in [0.717, 1.165) is 38.3 Å². The Kier molecular flexibility index (Phi) is 8.22. The van der Waals surface area contributed by atoms with Crippen molar-refractivity contribution in [3.05, 3.63) is 16.1 Å². The maximum absolute atomic E-state index is 5.40. The van der Waals surface area contributed by atoms with Gasteiger partial charge in [0.2, 0.25) is 0 Å². The molecular weight excluding hydrogens is 244 g/mol. The molecule has 0 fully saturated rings. The van der Waals surface area contributed by atoms with Crippen molar-refractivity contribution >= 4 is 11.3 Å². The zero-order chi connectivity index (χ0) is 13.2. The van der Waals surface area contributed by atoms with E-state index in [1.54, 1.807) is 11.3 Å². The summed E-state index contributed by atoms with van der Waals surface area (Å²) in [5.41, 5.74) is 1.14. The molecule has 18 heavy (non-hydrogen) atoms. The highest BCUT2D eigenvalue weighted by Crippen LogP contribution is 2.13. The van der Waals surface area contributed by atoms with Crippen LogP contribution in [0.4, 0.5) is 0 Å². The number of hydrogen-bond acceptors (Lipinski definition) is 4. The highest BCUT2D eigenvalue weighted by atomic mass is 32.1. The quantitative estimate of drug-likeness (QED) is 0.663. The van der Waals surface area contributed by atoms with Crippen LogP contribution in [0.15, 0.2) is 5.38 Å². The van der Waals surface area contributed by atoms with Crippen LogP contribution in [0.25, 0.3) is 0 Å². The van der Waals surface area contributed by atoms with Gasteiger partial charge in [-0.2, -0.15) is 0 Å². The number of aryl methyl sites for hydroxylation is 1. The summed E-state index contributed by atoms with van der Waals surface area (Å²) in [6.45, 7) is 9.09. The molecule has 0 aromatic carbocycles. The van der Waals surface area contributed by atoms with Crippen LogP contribution < -0.4 is 5.32 Å². The second kappa shape index (κ2) is 9.48. The van der Waals surface area contributed by atoms with Gasteiger partial charge in [-0.05, 0) is 39.7 Å². The summed E-state index contributed by atoms with van der Waals surface area (Å²) >= 11 is 1.77. The molecule has 1 atom stereocenters. The van der Waals surface area contributed by atoms with Crippen LogP contribution in [-0.4, -0.2) is 30.8 Å². The van der Waals surface area contributed by atoms with Crippen LogP contribution in [0.2, 0.25) is 0 Å². The van der Waals surface area contributed by atoms with Crippen molar-refractivity contribution in [2.45, 2.75) is 52.5 Å². The normalized spacial score (nSPS) is 12.8. The predicted molar refractivity (Wildman–Crippen MR) is 78.4 cm³/mol. The van der Waals surface area contributed by atoms with Crippen molar-refractivity contribution in [2.75, 3.05) is 19.8 Å². The van der Waals surface area contributed by atoms with Crippen LogP contribution in [-0.2, 0) is 11.2 Å². The van der Waals surface area contributed by atoms with Gasteiger partial charge in [0.05, 0.1) is 5.01 Å². The summed E-state index contributed by atoms with van der Waals surface area (Å²) in [7, 11) is 0. The molecule has 0 saturated carbocycles. The molecule has 4 heteroatoms. The topological polar surface area (TPSA) is 34.1 Å². The zero-order valence-electron chi connectivity index (χ0n) is 11.9. The Morgan fingerprint density at radius 2 is 2.28 bits per heavy atom. The van der Waals surface area contributed by atoms with Crippen molar-refractivity contribution in [1.82, 2.24) is 10.3 Å². The number of nitrogens with one attached hydrogen (secondary N) is 1. The second-order valence-corrected chi connectivity index (χ2v) is 5.52. The summed E-state index contributed by atoms with van der Waals surface area (Å²) < 4.78 is 5.40. The SMILES string of the molecule is CCCNC(CCCOCC)Cc1nc(C)cs1. The van der Waals surface area contributed by atoms with Gasteiger partial charge in [-0.3, -0.25) is 0 Å². The molecule has 0 aliphatic heterocycles. The van der Waals surface area contributed by atoms with Gasteiger partial charge in [0.25, 0.3) is 0 Å². The van der Waals surface area contributed by atoms with Crippen molar-refractivity contribution in [3.8, 4) is 0 Å². The molecule has 0 radical (unpaired) electrons. The van der Waals surface area contributed by atoms with Crippen LogP contribution in [0.5, 0.6) is 0 Å². The first-order valence-corrected chi connectivity index (χ1v) is 7.86. The molecule has 1 aromatic rings. The lowest BCUT2D eigenvalue weighted by Crippen LogP contribution is -2.32. The van der Waals surface area contributed by atoms with E-state index in [-0.39, 0.29) is 0 Å². The van der Waals surface area contributed by atoms with Gasteiger partial charge in [-0.25, -0.2) is 4.98 Å². The fourth-order valence-corrected chi connectivity index (χ4v) is 2.76. The van der Waals surface area contributed by atoms with E-state index < -0.39 is 0 Å². The molecule has 1 heterocycles. The number of thiazole rings is 1. The van der Waals surface area contributed by atoms with Crippen molar-refractivity contribution in [1.29, 1.82) is 0 Å². The minimum absolute atomic E-state index is 0.538. The average Bonchev–Trinajstić information content (AvgIpc) is 2.77. The first-order valence-electron chi connectivity index (χ1n) is 6.98. The number of ether oxygens (including phenoxy) is 1. The molecule has 104 valence electrons. The maximum atomic E-state index is 5.40. The molecule has 0 bridgehead atoms. The van der Waals surface area contributed by atoms with Crippen molar-refractivity contribution in [3.63, 3.8) is 0 Å². The Balaban J connectivity index is 2.34. The highest BCUT2D eigenvalue weighted by molar-refractivity contribution is 7.09. The van der Waals surface area contributed by atoms with Crippen molar-refractivity contribution in [2.24, 2.45) is 0 Å². The monoisotopic (exact) mass is 270 g/mol. The lowest BCUT2D eigenvalue weighted by atomic mass is 10.1. The predicted octanol–water partition coefficient (Wildman–Crippen LogP) is 3.18. The molecule has 0 saturated heterocycles. The Morgan fingerprint density at radius 1 is 1.44 bits per heavy atom. The summed E-state index contributed by atoms with van der Waals surface area (Å²) in [6.07, 6.45) is 4.52. The maximum Gasteiger partial charge on any atom is 0.0943 e. The van der Waals surface area contributed by atoms with E-state index in [2.05, 4.69) is 29.5 Å². The first-order chi connectivity index (χ1) is 8.76. The van der Waals surface area contributed by atoms with Gasteiger partial charge in [0.1, 0.15) is 0 Å². The van der Waals surface area contributed by atoms with E-state index in [4.69, 9.17) is 4.74 Å². The van der Waals surface area contributed by atoms with Crippen LogP contribution in [0, 0.1) is 6.92 Å². The fraction of sp³-hybridized carbons (Fsp3) is 0.786. The Labute approximate surface area is 115 Å². The van der Waals surface area contributed by atoms with Crippen LogP contribution >= 0.6 is 11.3 Å². The molecule has 0 aliphatic rings. The summed E-state index contributed by atoms with van der Waals surface area (Å²) in [4.78, 5) is 4.55. The van der Waals surface area contributed by atoms with Crippen LogP contribution in [0.1, 0.15) is 43.8 Å². The van der Waals surface area contributed by atoms with E-state index in [1.165, 1.54) is 17.8 Å². The summed E-state index contributed by atoms with van der Waals surface area (Å²) in [6, 6.07) is 0.538. The zero-order valence-corrected chi connectivity index (χ0v) is 12.7. The molecule has 1 N–H and O–H groups in total. The standard InChI is InChI=1S/C14H26N2OS/c1-4-8-15-13(7-6-9-17-5-2)10-14-16-12(3)11-18-14/h11,13,15H,4-10H2,1-3H3. The van der Waals surface area contributed by atoms with Gasteiger partial charge in [-0.15, -0.1) is 11.3 Å². The van der Waals surface area contributed by atoms with Crippen molar-refractivity contribution < 1.29 is 4.74 Å². The smallest absolute Gasteiger partial charge is 0.0943 e. The lowest BCUT2D eigenvalue weighted by molar-refractivity contribution is 0.140. The van der Waals surface area contributed by atoms with E-state index in [0.29, 0.717) is 6.04 Å². The number of rotatable bonds is 10. The number of nitrogens with zero attached hydrogens (tertiary/aromatic N) is 1. The fourth-order valence-electron chi connectivity index (χ4n) is 1.91. The molecule has 1 rings (SSSR count). The third kappa shape index (κ3) is 6.47. The third-order valence-electron chi connectivity index (χ3n) is 2.82. The molecular formula is C14H26N2OS. The molecule has 0 amide bonds. The Bertz CT molecular complexity index is 314. The lowest BCUT2D eigenvalue weighted by Gasteiger charge is -2.17. The van der Waals surface area contributed by atoms with Gasteiger partial charge < -0.3 is 10.1 Å². The van der Waals surface area contributed by atoms with E-state index in [1.807, 2.05) is 6.92 Å². The minimum atomic E-state index is 0.538. The second-order valence-electron chi connectivity index (χ2n) is 4.58. The third-order valence-corrected chi connectivity index (χ3v) is 3.80.